The van der Waals surface area contributed by atoms with Gasteiger partial charge in [0.2, 0.25) is 65.0 Å². The van der Waals surface area contributed by atoms with Crippen molar-refractivity contribution in [3.63, 3.8) is 0 Å². The first-order valence-electron chi connectivity index (χ1n) is 37.3. The number of nitrogens with two attached hydrogens (primary N) is 1. The summed E-state index contributed by atoms with van der Waals surface area (Å²) < 4.78 is 15.7. The molecule has 612 valence electrons. The summed E-state index contributed by atoms with van der Waals surface area (Å²) in [5, 5.41) is 74.2. The third kappa shape index (κ3) is 23.9. The predicted molar refractivity (Wildman–Crippen MR) is 413 cm³/mol. The fraction of sp³-hybridized carbons (Fsp3) is 0.400. The number of aromatic amines is 2. The minimum absolute atomic E-state index is 0.0610. The number of nitrogens with zero attached hydrogens (tertiary/aromatic N) is 4. The zero-order valence-corrected chi connectivity index (χ0v) is 64.5. The number of phenols is 1. The van der Waals surface area contributed by atoms with Crippen molar-refractivity contribution < 1.29 is 92.3 Å². The Balaban J connectivity index is 0.994. The smallest absolute Gasteiger partial charge is 0.305 e. The van der Waals surface area contributed by atoms with E-state index >= 15 is 4.39 Å². The number of pyridine rings is 1. The summed E-state index contributed by atoms with van der Waals surface area (Å²) in [4.78, 5) is 201. The number of aliphatic hydroxyl groups is 2. The zero-order chi connectivity index (χ0) is 84.0. The van der Waals surface area contributed by atoms with E-state index in [2.05, 4.69) is 72.8 Å². The van der Waals surface area contributed by atoms with Crippen LogP contribution in [0.2, 0.25) is 0 Å². The number of primary amides is 1. The number of rotatable bonds is 40. The highest BCUT2D eigenvalue weighted by atomic mass is 19.1. The van der Waals surface area contributed by atoms with Gasteiger partial charge in [-0.25, -0.2) is 14.4 Å². The van der Waals surface area contributed by atoms with Gasteiger partial charge in [0, 0.05) is 87.2 Å². The van der Waals surface area contributed by atoms with E-state index in [1.165, 1.54) is 61.1 Å². The number of carbonyl (C=O) groups excluding carboxylic acids is 11. The summed E-state index contributed by atoms with van der Waals surface area (Å²) in [7, 11) is 0. The lowest BCUT2D eigenvalue weighted by Crippen LogP contribution is -2.67. The normalized spacial score (nSPS) is 16.3. The molecule has 1 saturated heterocycles. The lowest BCUT2D eigenvalue weighted by atomic mass is 9.90. The van der Waals surface area contributed by atoms with Gasteiger partial charge in [0.1, 0.15) is 64.9 Å². The molecule has 34 nitrogen and oxygen atoms in total. The third-order valence-corrected chi connectivity index (χ3v) is 20.0. The lowest BCUT2D eigenvalue weighted by Gasteiger charge is -2.36. The van der Waals surface area contributed by atoms with Gasteiger partial charge < -0.3 is 94.0 Å². The molecule has 1 fully saturated rings. The maximum Gasteiger partial charge on any atom is 0.305 e. The Bertz CT molecular complexity index is 4660. The first kappa shape index (κ1) is 87.8. The standard InChI is InChI=1S/C80H97FN16O18/c1-8-48-32-54(100)22-23-56(48)49-20-18-47(19-21-49)31-61(71(108)89-60(69(82)106)33-51-37-83-28-26-57(51)55-16-11-9-14-43(55)2)90-73(110)63(35-66(104)105)91-72(109)62(34-53-39-85-42-88-53)92-74(111)67(45(4)98)95-77(114)79(6,36-50-15-10-12-17-58(50)81)96-75(112)68(46(5)99)94-64(101)40-86-70(107)59(24-25-65(102)103)93-78(115)80(7)27-13-29-97(80)76(113)44(3)30-52-38-84-41-87-52/h9-12,14-23,26,28,32,37-39,41-42,44-46,59-63,67-68,98-100H,8,13,24-25,27,29-31,33-36,40H2,1-7H3,(H2,82,106)(H,84,87)(H,85,88)(H,86,107)(H,89,108)(H,90,110)(H,91,109)(H,92,111)(H,93,115)(H,94,101)(H,95,114)(H,96,112)(H,102,103)(H,104,105)/t44-,45-,46-,59+,60+,61+,62+,63+,67+,68+,79-,80+/m1/s1. The lowest BCUT2D eigenvalue weighted by molar-refractivity contribution is -0.147. The highest BCUT2D eigenvalue weighted by Gasteiger charge is 2.48. The fourth-order valence-electron chi connectivity index (χ4n) is 13.5. The number of likely N-dealkylation sites (tertiary alicyclic amines) is 1. The number of hydrogen-bond acceptors (Lipinski definition) is 19. The highest BCUT2D eigenvalue weighted by molar-refractivity contribution is 6.01. The number of phenolic OH excluding ortho intramolecular Hbond substituents is 1. The van der Waals surface area contributed by atoms with Gasteiger partial charge >= 0.3 is 11.9 Å². The summed E-state index contributed by atoms with van der Waals surface area (Å²) in [6.45, 7) is 9.43. The van der Waals surface area contributed by atoms with E-state index in [0.29, 0.717) is 35.2 Å². The molecule has 7 aromatic rings. The van der Waals surface area contributed by atoms with Gasteiger partial charge in [0.15, 0.2) is 0 Å². The second-order valence-corrected chi connectivity index (χ2v) is 29.0. The highest BCUT2D eigenvalue weighted by Crippen LogP contribution is 2.33. The largest absolute Gasteiger partial charge is 0.508 e. The van der Waals surface area contributed by atoms with Crippen molar-refractivity contribution in [1.82, 2.24) is 77.7 Å². The Morgan fingerprint density at radius 1 is 0.617 bits per heavy atom. The maximum absolute atomic E-state index is 15.7. The topological polar surface area (TPSA) is 531 Å². The number of aliphatic hydroxyl groups excluding tert-OH is 2. The Labute approximate surface area is 661 Å². The SMILES string of the molecule is CCc1cc(O)ccc1-c1ccc(C[C@H](NC(=O)[C@H](CC(=O)O)NC(=O)[C@H](Cc2cnc[nH]2)NC(=O)[C@@H](NC(=O)[C@@](C)(Cc2ccccc2F)NC(=O)[C@@H](NC(=O)CNC(=O)[C@H](CCC(=O)O)NC(=O)[C@]2(C)CCCN2C(=O)[C@H](C)Cc2cnc[nH]2)[C@@H](C)O)[C@@H](C)O)C(=O)N[C@@H](Cc2cnccc2-c2ccccc2C)C(N)=O)cc1. The molecule has 1 aliphatic rings. The number of aryl methyl sites for hydroxylation is 2. The van der Waals surface area contributed by atoms with E-state index in [1.807, 2.05) is 38.1 Å². The molecular formula is C80H97FN16O18. The van der Waals surface area contributed by atoms with Crippen molar-refractivity contribution in [1.29, 1.82) is 0 Å². The minimum atomic E-state index is -2.41. The van der Waals surface area contributed by atoms with Crippen molar-refractivity contribution >= 4 is 76.9 Å². The average molecular weight is 1590 g/mol. The van der Waals surface area contributed by atoms with E-state index in [-0.39, 0.29) is 55.1 Å². The quantitative estimate of drug-likeness (QED) is 0.0255. The van der Waals surface area contributed by atoms with Crippen molar-refractivity contribution in [3.8, 4) is 28.0 Å². The summed E-state index contributed by atoms with van der Waals surface area (Å²) >= 11 is 0. The van der Waals surface area contributed by atoms with Gasteiger partial charge in [-0.05, 0) is 135 Å². The van der Waals surface area contributed by atoms with Crippen LogP contribution < -0.4 is 53.6 Å². The van der Waals surface area contributed by atoms with Gasteiger partial charge in [0.05, 0.1) is 37.8 Å². The Kier molecular flexibility index (Phi) is 30.6. The summed E-state index contributed by atoms with van der Waals surface area (Å²) in [6, 6.07) is 13.2. The van der Waals surface area contributed by atoms with E-state index in [4.69, 9.17) is 5.73 Å². The van der Waals surface area contributed by atoms with E-state index < -0.39 is 187 Å². The molecule has 0 spiro atoms. The monoisotopic (exact) mass is 1590 g/mol. The number of carboxylic acid groups (broad SMARTS) is 2. The van der Waals surface area contributed by atoms with Crippen molar-refractivity contribution in [2.75, 3.05) is 13.1 Å². The van der Waals surface area contributed by atoms with Crippen molar-refractivity contribution in [2.24, 2.45) is 11.7 Å². The molecule has 11 amide bonds. The molecule has 12 atom stereocenters. The number of aliphatic carboxylic acids is 2. The molecule has 4 aromatic carbocycles. The molecule has 8 rings (SSSR count). The van der Waals surface area contributed by atoms with Crippen LogP contribution in [-0.2, 0) is 101 Å². The number of aromatic nitrogens is 5. The molecule has 0 aliphatic carbocycles. The molecule has 0 bridgehead atoms. The number of aromatic hydroxyl groups is 1. The molecule has 0 radical (unpaired) electrons. The van der Waals surface area contributed by atoms with E-state index in [9.17, 15) is 87.9 Å². The van der Waals surface area contributed by atoms with Gasteiger partial charge in [-0.1, -0.05) is 86.6 Å². The molecule has 35 heteroatoms. The predicted octanol–water partition coefficient (Wildman–Crippen LogP) is 1.08. The van der Waals surface area contributed by atoms with Gasteiger partial charge in [-0.15, -0.1) is 0 Å². The minimum Gasteiger partial charge on any atom is -0.508 e. The van der Waals surface area contributed by atoms with Crippen LogP contribution in [0, 0.1) is 18.7 Å². The average Bonchev–Trinajstić information content (AvgIpc) is 1.51. The summed E-state index contributed by atoms with van der Waals surface area (Å²) in [5.41, 5.74) is 8.38. The van der Waals surface area contributed by atoms with Crippen LogP contribution in [0.5, 0.6) is 5.75 Å². The Morgan fingerprint density at radius 3 is 1.84 bits per heavy atom. The molecule has 1 aliphatic heterocycles. The fourth-order valence-corrected chi connectivity index (χ4v) is 13.5. The second-order valence-electron chi connectivity index (χ2n) is 29.0. The molecule has 3 aromatic heterocycles. The van der Waals surface area contributed by atoms with Crippen LogP contribution in [0.3, 0.4) is 0 Å². The van der Waals surface area contributed by atoms with Gasteiger partial charge in [-0.2, -0.15) is 0 Å². The Morgan fingerprint density at radius 2 is 1.23 bits per heavy atom. The van der Waals surface area contributed by atoms with Crippen LogP contribution in [0.1, 0.15) is 113 Å². The third-order valence-electron chi connectivity index (χ3n) is 20.0. The van der Waals surface area contributed by atoms with Crippen LogP contribution in [0.4, 0.5) is 4.39 Å². The molecule has 4 heterocycles. The number of carbonyl (C=O) groups is 13. The van der Waals surface area contributed by atoms with Crippen LogP contribution in [0.25, 0.3) is 22.3 Å². The van der Waals surface area contributed by atoms with Crippen molar-refractivity contribution in [3.05, 3.63) is 180 Å². The number of nitrogens with one attached hydrogen (secondary N) is 11. The van der Waals surface area contributed by atoms with Crippen LogP contribution in [0.15, 0.2) is 135 Å². The van der Waals surface area contributed by atoms with Crippen LogP contribution >= 0.6 is 0 Å². The molecule has 0 unspecified atom stereocenters. The first-order valence-corrected chi connectivity index (χ1v) is 37.3. The number of carboxylic acids is 2. The Hall–Kier alpha value is -12.8. The number of amides is 11. The van der Waals surface area contributed by atoms with Crippen LogP contribution in [-0.4, -0.2) is 211 Å². The molecule has 0 saturated carbocycles. The number of hydrogen-bond donors (Lipinski definition) is 17. The van der Waals surface area contributed by atoms with Gasteiger partial charge in [-0.3, -0.25) is 67.3 Å². The number of benzene rings is 4. The molecule has 18 N–H and O–H groups in total. The van der Waals surface area contributed by atoms with Crippen molar-refractivity contribution in [2.45, 2.75) is 185 Å². The first-order chi connectivity index (χ1) is 54.6. The zero-order valence-electron chi connectivity index (χ0n) is 64.5. The molecule has 115 heavy (non-hydrogen) atoms. The second kappa shape index (κ2) is 40.1. The number of H-pyrrole nitrogens is 2. The van der Waals surface area contributed by atoms with E-state index in [1.54, 1.807) is 61.8 Å². The number of halogens is 1. The summed E-state index contributed by atoms with van der Waals surface area (Å²) in [6.07, 6.45) is 2.32. The van der Waals surface area contributed by atoms with E-state index in [0.717, 1.165) is 54.7 Å². The van der Waals surface area contributed by atoms with Gasteiger partial charge in [0.25, 0.3) is 0 Å². The maximum atomic E-state index is 15.7. The summed E-state index contributed by atoms with van der Waals surface area (Å²) in [5.74, 6) is -16.1. The molecular weight excluding hydrogens is 1490 g/mol. The number of imidazole rings is 2.